The first-order valence-corrected chi connectivity index (χ1v) is 11.4. The van der Waals surface area contributed by atoms with Crippen LogP contribution in [0, 0.1) is 10.8 Å². The molecule has 0 aliphatic carbocycles. The summed E-state index contributed by atoms with van der Waals surface area (Å²) in [7, 11) is 0. The third kappa shape index (κ3) is 6.55. The van der Waals surface area contributed by atoms with E-state index in [1.807, 2.05) is 30.5 Å². The highest BCUT2D eigenvalue weighted by atomic mass is 16.4. The van der Waals surface area contributed by atoms with Crippen LogP contribution in [0.4, 0.5) is 0 Å². The first kappa shape index (κ1) is 27.3. The number of H-pyrrole nitrogens is 1. The summed E-state index contributed by atoms with van der Waals surface area (Å²) in [6.45, 7) is 7.18. The lowest BCUT2D eigenvalue weighted by molar-refractivity contribution is -0.143. The molecule has 0 spiro atoms. The summed E-state index contributed by atoms with van der Waals surface area (Å²) in [4.78, 5) is 41.1. The van der Waals surface area contributed by atoms with Gasteiger partial charge in [0, 0.05) is 42.0 Å². The van der Waals surface area contributed by atoms with E-state index >= 15 is 0 Å². The molecule has 0 unspecified atom stereocenters. The van der Waals surface area contributed by atoms with Crippen LogP contribution in [0.2, 0.25) is 0 Å². The Morgan fingerprint density at radius 3 is 2.26 bits per heavy atom. The second-order valence-electron chi connectivity index (χ2n) is 10.1. The number of rotatable bonds is 12. The van der Waals surface area contributed by atoms with Crippen molar-refractivity contribution < 1.29 is 19.5 Å². The maximum atomic E-state index is 13.3. The molecule has 2 amide bonds. The lowest BCUT2D eigenvalue weighted by Crippen LogP contribution is -2.56. The van der Waals surface area contributed by atoms with E-state index < -0.39 is 40.8 Å². The van der Waals surface area contributed by atoms with E-state index in [0.717, 1.165) is 16.5 Å². The smallest absolute Gasteiger partial charge is 0.321 e. The van der Waals surface area contributed by atoms with Gasteiger partial charge in [-0.25, -0.2) is 0 Å². The maximum Gasteiger partial charge on any atom is 0.321 e. The van der Waals surface area contributed by atoms with E-state index in [1.54, 1.807) is 27.7 Å². The summed E-state index contributed by atoms with van der Waals surface area (Å²) < 4.78 is 0. The molecule has 1 aromatic carbocycles. The van der Waals surface area contributed by atoms with Crippen molar-refractivity contribution in [1.82, 2.24) is 15.6 Å². The van der Waals surface area contributed by atoms with Crippen LogP contribution in [-0.2, 0) is 20.8 Å². The van der Waals surface area contributed by atoms with Crippen LogP contribution in [0.5, 0.6) is 0 Å². The molecule has 10 nitrogen and oxygen atoms in total. The molecule has 0 saturated heterocycles. The van der Waals surface area contributed by atoms with Gasteiger partial charge in [-0.3, -0.25) is 14.4 Å². The Bertz CT molecular complexity index is 1010. The molecule has 34 heavy (non-hydrogen) atoms. The topological polar surface area (TPSA) is 189 Å². The third-order valence-corrected chi connectivity index (χ3v) is 6.26. The largest absolute Gasteiger partial charge is 0.480 e. The van der Waals surface area contributed by atoms with E-state index in [9.17, 15) is 19.5 Å². The van der Waals surface area contributed by atoms with E-state index in [2.05, 4.69) is 15.6 Å². The van der Waals surface area contributed by atoms with Crippen molar-refractivity contribution in [3.63, 3.8) is 0 Å². The molecule has 2 aromatic rings. The van der Waals surface area contributed by atoms with Gasteiger partial charge in [-0.05, 0) is 23.5 Å². The third-order valence-electron chi connectivity index (χ3n) is 6.26. The number of para-hydroxylation sites is 1. The van der Waals surface area contributed by atoms with Crippen molar-refractivity contribution in [3.05, 3.63) is 36.0 Å². The van der Waals surface area contributed by atoms with E-state index in [1.165, 1.54) is 0 Å². The minimum Gasteiger partial charge on any atom is -0.480 e. The van der Waals surface area contributed by atoms with E-state index in [-0.39, 0.29) is 31.8 Å². The Balaban J connectivity index is 2.28. The number of nitrogens with one attached hydrogen (secondary N) is 3. The summed E-state index contributed by atoms with van der Waals surface area (Å²) in [5.41, 5.74) is 17.2. The Hall–Kier alpha value is -2.95. The minimum absolute atomic E-state index is 0.169. The molecular formula is C24H38N6O4. The summed E-state index contributed by atoms with van der Waals surface area (Å²) in [5, 5.41) is 16.0. The zero-order chi connectivity index (χ0) is 25.7. The number of aliphatic carboxylic acids is 1. The highest BCUT2D eigenvalue weighted by molar-refractivity contribution is 5.91. The average Bonchev–Trinajstić information content (AvgIpc) is 3.18. The van der Waals surface area contributed by atoms with Gasteiger partial charge in [0.1, 0.15) is 12.1 Å². The predicted octanol–water partition coefficient (Wildman–Crippen LogP) is 0.452. The summed E-state index contributed by atoms with van der Waals surface area (Å²) in [5.74, 6) is -1.90. The molecule has 0 saturated carbocycles. The number of fused-ring (bicyclic) bond motifs is 1. The van der Waals surface area contributed by atoms with Gasteiger partial charge in [-0.15, -0.1) is 0 Å². The molecule has 1 aromatic heterocycles. The molecular weight excluding hydrogens is 436 g/mol. The molecule has 2 atom stereocenters. The second kappa shape index (κ2) is 11.0. The Kier molecular flexibility index (Phi) is 8.82. The van der Waals surface area contributed by atoms with Gasteiger partial charge < -0.3 is 37.9 Å². The SMILES string of the molecule is CC(C)(CC(C)(C)[C@H](N)C(=O)O)C(=O)N[C@@H](Cc1c[nH]c2ccccc12)C(=O)NC(CN)CN. The zero-order valence-corrected chi connectivity index (χ0v) is 20.4. The second-order valence-corrected chi connectivity index (χ2v) is 10.1. The maximum absolute atomic E-state index is 13.3. The molecule has 0 aliphatic heterocycles. The summed E-state index contributed by atoms with van der Waals surface area (Å²) in [6, 6.07) is 5.25. The number of carbonyl (C=O) groups is 3. The molecule has 10 heteroatoms. The Morgan fingerprint density at radius 2 is 1.68 bits per heavy atom. The predicted molar refractivity (Wildman–Crippen MR) is 132 cm³/mol. The first-order valence-electron chi connectivity index (χ1n) is 11.4. The molecule has 0 radical (unpaired) electrons. The number of carbonyl (C=O) groups excluding carboxylic acids is 2. The van der Waals surface area contributed by atoms with Crippen molar-refractivity contribution in [2.75, 3.05) is 13.1 Å². The van der Waals surface area contributed by atoms with Crippen molar-refractivity contribution >= 4 is 28.7 Å². The number of benzene rings is 1. The molecule has 0 bridgehead atoms. The van der Waals surface area contributed by atoms with Crippen molar-refractivity contribution in [1.29, 1.82) is 0 Å². The fourth-order valence-electron chi connectivity index (χ4n) is 4.26. The van der Waals surface area contributed by atoms with Gasteiger partial charge in [0.05, 0.1) is 6.04 Å². The van der Waals surface area contributed by atoms with Crippen LogP contribution in [0.15, 0.2) is 30.5 Å². The number of amides is 2. The number of nitrogens with two attached hydrogens (primary N) is 3. The summed E-state index contributed by atoms with van der Waals surface area (Å²) >= 11 is 0. The van der Waals surface area contributed by atoms with Crippen LogP contribution in [0.1, 0.15) is 39.7 Å². The molecule has 10 N–H and O–H groups in total. The van der Waals surface area contributed by atoms with Gasteiger partial charge in [0.15, 0.2) is 0 Å². The van der Waals surface area contributed by atoms with E-state index in [0.29, 0.717) is 0 Å². The molecule has 1 heterocycles. The molecule has 188 valence electrons. The van der Waals surface area contributed by atoms with Crippen LogP contribution in [0.3, 0.4) is 0 Å². The quantitative estimate of drug-likeness (QED) is 0.232. The lowest BCUT2D eigenvalue weighted by Gasteiger charge is -2.37. The average molecular weight is 475 g/mol. The van der Waals surface area contributed by atoms with Crippen LogP contribution >= 0.6 is 0 Å². The lowest BCUT2D eigenvalue weighted by atomic mass is 9.70. The van der Waals surface area contributed by atoms with Gasteiger partial charge >= 0.3 is 5.97 Å². The number of aromatic nitrogens is 1. The van der Waals surface area contributed by atoms with Gasteiger partial charge in [0.25, 0.3) is 0 Å². The Morgan fingerprint density at radius 1 is 1.06 bits per heavy atom. The van der Waals surface area contributed by atoms with Crippen LogP contribution in [-0.4, -0.2) is 59.1 Å². The monoisotopic (exact) mass is 474 g/mol. The van der Waals surface area contributed by atoms with Gasteiger partial charge in [0.2, 0.25) is 11.8 Å². The molecule has 0 aliphatic rings. The number of hydrogen-bond donors (Lipinski definition) is 7. The van der Waals surface area contributed by atoms with E-state index in [4.69, 9.17) is 17.2 Å². The number of hydrogen-bond acceptors (Lipinski definition) is 6. The minimum atomic E-state index is -1.14. The number of aromatic amines is 1. The highest BCUT2D eigenvalue weighted by Gasteiger charge is 2.41. The fraction of sp³-hybridized carbons (Fsp3) is 0.542. The van der Waals surface area contributed by atoms with Crippen LogP contribution in [0.25, 0.3) is 10.9 Å². The van der Waals surface area contributed by atoms with Crippen molar-refractivity contribution in [2.45, 2.75) is 58.7 Å². The molecule has 2 rings (SSSR count). The highest BCUT2D eigenvalue weighted by Crippen LogP contribution is 2.36. The van der Waals surface area contributed by atoms with Gasteiger partial charge in [-0.1, -0.05) is 45.9 Å². The Labute approximate surface area is 200 Å². The van der Waals surface area contributed by atoms with Crippen LogP contribution < -0.4 is 27.8 Å². The standard InChI is InChI=1S/C24H38N6O4/c1-23(2,19(27)21(32)33)13-24(3,4)22(34)30-18(20(31)29-15(10-25)11-26)9-14-12-28-17-8-6-5-7-16(14)17/h5-8,12,15,18-19,28H,9-11,13,25-27H2,1-4H3,(H,29,31)(H,30,34)(H,32,33)/t18-,19+/m0/s1. The summed E-state index contributed by atoms with van der Waals surface area (Å²) in [6.07, 6.45) is 2.27. The fourth-order valence-corrected chi connectivity index (χ4v) is 4.26. The zero-order valence-electron chi connectivity index (χ0n) is 20.4. The van der Waals surface area contributed by atoms with Gasteiger partial charge in [-0.2, -0.15) is 0 Å². The number of carboxylic acids is 1. The normalized spacial score (nSPS) is 14.1. The molecule has 0 fully saturated rings. The first-order chi connectivity index (χ1) is 15.8. The number of carboxylic acid groups (broad SMARTS) is 1. The van der Waals surface area contributed by atoms with Crippen molar-refractivity contribution in [3.8, 4) is 0 Å². The van der Waals surface area contributed by atoms with Crippen molar-refractivity contribution in [2.24, 2.45) is 28.0 Å².